The average Bonchev–Trinajstić information content (AvgIpc) is 2.83. The maximum Gasteiger partial charge on any atom is 0.182 e. The average molecular weight is 226 g/mol. The Labute approximate surface area is 94.5 Å². The van der Waals surface area contributed by atoms with E-state index < -0.39 is 0 Å². The number of nitrogens with zero attached hydrogens (tertiary/aromatic N) is 2. The van der Waals surface area contributed by atoms with Crippen LogP contribution in [-0.4, -0.2) is 36.6 Å². The third kappa shape index (κ3) is 2.90. The maximum atomic E-state index is 5.54. The van der Waals surface area contributed by atoms with E-state index in [9.17, 15) is 0 Å². The van der Waals surface area contributed by atoms with Crippen LogP contribution in [0.4, 0.5) is 5.13 Å². The topological polar surface area (TPSA) is 54.2 Å². The van der Waals surface area contributed by atoms with E-state index in [1.54, 1.807) is 11.3 Å². The first kappa shape index (κ1) is 10.9. The van der Waals surface area contributed by atoms with Gasteiger partial charge in [0.15, 0.2) is 5.13 Å². The number of nitrogens with one attached hydrogen (secondary N) is 1. The molecule has 1 unspecified atom stereocenters. The van der Waals surface area contributed by atoms with Gasteiger partial charge in [-0.25, -0.2) is 4.98 Å². The Hall–Kier alpha value is -0.650. The Morgan fingerprint density at radius 2 is 2.60 bits per heavy atom. The van der Waals surface area contributed by atoms with Gasteiger partial charge in [0, 0.05) is 30.7 Å². The first-order valence-electron chi connectivity index (χ1n) is 5.35. The molecule has 84 valence electrons. The van der Waals surface area contributed by atoms with Crippen molar-refractivity contribution < 1.29 is 0 Å². The van der Waals surface area contributed by atoms with Gasteiger partial charge in [-0.3, -0.25) is 0 Å². The van der Waals surface area contributed by atoms with Crippen LogP contribution in [0.5, 0.6) is 0 Å². The monoisotopic (exact) mass is 226 g/mol. The Morgan fingerprint density at radius 3 is 3.20 bits per heavy atom. The smallest absolute Gasteiger partial charge is 0.182 e. The van der Waals surface area contributed by atoms with Crippen molar-refractivity contribution in [1.82, 2.24) is 9.88 Å². The second kappa shape index (κ2) is 4.92. The van der Waals surface area contributed by atoms with Crippen LogP contribution in [0.3, 0.4) is 0 Å². The van der Waals surface area contributed by atoms with Gasteiger partial charge in [-0.2, -0.15) is 0 Å². The molecule has 0 saturated carbocycles. The van der Waals surface area contributed by atoms with Crippen molar-refractivity contribution in [2.45, 2.75) is 13.0 Å². The molecule has 1 atom stereocenters. The Kier molecular flexibility index (Phi) is 3.56. The van der Waals surface area contributed by atoms with E-state index in [1.807, 2.05) is 6.20 Å². The van der Waals surface area contributed by atoms with Crippen LogP contribution in [0.25, 0.3) is 0 Å². The van der Waals surface area contributed by atoms with Crippen LogP contribution in [0.2, 0.25) is 0 Å². The number of nitrogens with two attached hydrogens (primary N) is 1. The molecular weight excluding hydrogens is 208 g/mol. The molecular formula is C10H18N4S. The fourth-order valence-electron chi connectivity index (χ4n) is 1.91. The molecule has 0 aliphatic carbocycles. The van der Waals surface area contributed by atoms with Crippen molar-refractivity contribution in [3.8, 4) is 0 Å². The molecule has 5 heteroatoms. The number of likely N-dealkylation sites (tertiary alicyclic amines) is 1. The minimum atomic E-state index is 0.589. The van der Waals surface area contributed by atoms with E-state index in [1.165, 1.54) is 19.5 Å². The predicted molar refractivity (Wildman–Crippen MR) is 64.1 cm³/mol. The summed E-state index contributed by atoms with van der Waals surface area (Å²) in [6.45, 7) is 4.04. The minimum Gasteiger partial charge on any atom is -0.361 e. The summed E-state index contributed by atoms with van der Waals surface area (Å²) >= 11 is 1.66. The lowest BCUT2D eigenvalue weighted by atomic mass is 10.1. The molecule has 2 rings (SSSR count). The molecule has 4 nitrogen and oxygen atoms in total. The summed E-state index contributed by atoms with van der Waals surface area (Å²) in [6, 6.07) is 0. The van der Waals surface area contributed by atoms with Crippen molar-refractivity contribution in [2.24, 2.45) is 11.7 Å². The SMILES string of the molecule is CN1CCC(CNc2ncc(CN)s2)C1. The molecule has 1 fully saturated rings. The number of thiazole rings is 1. The molecule has 15 heavy (non-hydrogen) atoms. The van der Waals surface area contributed by atoms with Crippen LogP contribution in [-0.2, 0) is 6.54 Å². The molecule has 0 aromatic carbocycles. The van der Waals surface area contributed by atoms with E-state index >= 15 is 0 Å². The molecule has 3 N–H and O–H groups in total. The molecule has 0 radical (unpaired) electrons. The van der Waals surface area contributed by atoms with E-state index in [2.05, 4.69) is 22.2 Å². The molecule has 1 aliphatic rings. The van der Waals surface area contributed by atoms with Crippen LogP contribution in [0.1, 0.15) is 11.3 Å². The zero-order valence-corrected chi connectivity index (χ0v) is 9.89. The number of rotatable bonds is 4. The highest BCUT2D eigenvalue weighted by Crippen LogP contribution is 2.19. The first-order chi connectivity index (χ1) is 7.28. The molecule has 1 aromatic heterocycles. The van der Waals surface area contributed by atoms with Crippen LogP contribution >= 0.6 is 11.3 Å². The highest BCUT2D eigenvalue weighted by molar-refractivity contribution is 7.15. The van der Waals surface area contributed by atoms with Gasteiger partial charge in [0.25, 0.3) is 0 Å². The molecule has 0 amide bonds. The van der Waals surface area contributed by atoms with Gasteiger partial charge in [-0.05, 0) is 25.9 Å². The highest BCUT2D eigenvalue weighted by Gasteiger charge is 2.19. The Bertz CT molecular complexity index is 312. The second-order valence-corrected chi connectivity index (χ2v) is 5.25. The minimum absolute atomic E-state index is 0.589. The van der Waals surface area contributed by atoms with E-state index in [4.69, 9.17) is 5.73 Å². The highest BCUT2D eigenvalue weighted by atomic mass is 32.1. The lowest BCUT2D eigenvalue weighted by Gasteiger charge is -2.10. The number of anilines is 1. The fraction of sp³-hybridized carbons (Fsp3) is 0.700. The van der Waals surface area contributed by atoms with Gasteiger partial charge in [0.2, 0.25) is 0 Å². The van der Waals surface area contributed by atoms with E-state index in [-0.39, 0.29) is 0 Å². The Morgan fingerprint density at radius 1 is 1.73 bits per heavy atom. The summed E-state index contributed by atoms with van der Waals surface area (Å²) in [6.07, 6.45) is 3.15. The van der Waals surface area contributed by atoms with Crippen molar-refractivity contribution in [2.75, 3.05) is 32.0 Å². The molecule has 0 spiro atoms. The summed E-state index contributed by atoms with van der Waals surface area (Å²) in [5, 5.41) is 4.39. The third-order valence-electron chi connectivity index (χ3n) is 2.79. The fourth-order valence-corrected chi connectivity index (χ4v) is 2.61. The van der Waals surface area contributed by atoms with Crippen molar-refractivity contribution in [3.05, 3.63) is 11.1 Å². The van der Waals surface area contributed by atoms with Crippen LogP contribution in [0, 0.1) is 5.92 Å². The van der Waals surface area contributed by atoms with Crippen LogP contribution in [0.15, 0.2) is 6.20 Å². The van der Waals surface area contributed by atoms with Crippen molar-refractivity contribution in [3.63, 3.8) is 0 Å². The quantitative estimate of drug-likeness (QED) is 0.803. The summed E-state index contributed by atoms with van der Waals surface area (Å²) < 4.78 is 0. The normalized spacial score (nSPS) is 22.1. The summed E-state index contributed by atoms with van der Waals surface area (Å²) in [7, 11) is 2.18. The molecule has 1 saturated heterocycles. The summed E-state index contributed by atoms with van der Waals surface area (Å²) in [5.74, 6) is 0.764. The number of hydrogen-bond donors (Lipinski definition) is 2. The van der Waals surface area contributed by atoms with Gasteiger partial charge < -0.3 is 16.0 Å². The van der Waals surface area contributed by atoms with Gasteiger partial charge >= 0.3 is 0 Å². The Balaban J connectivity index is 1.77. The zero-order valence-electron chi connectivity index (χ0n) is 9.07. The molecule has 1 aliphatic heterocycles. The molecule has 0 bridgehead atoms. The standard InChI is InChI=1S/C10H18N4S/c1-14-3-2-8(7-14)5-12-10-13-6-9(4-11)15-10/h6,8H,2-5,7,11H2,1H3,(H,12,13). The van der Waals surface area contributed by atoms with E-state index in [0.29, 0.717) is 6.54 Å². The van der Waals surface area contributed by atoms with Gasteiger partial charge in [0.1, 0.15) is 0 Å². The summed E-state index contributed by atoms with van der Waals surface area (Å²) in [5.41, 5.74) is 5.54. The van der Waals surface area contributed by atoms with Crippen molar-refractivity contribution in [1.29, 1.82) is 0 Å². The first-order valence-corrected chi connectivity index (χ1v) is 6.16. The number of aromatic nitrogens is 1. The van der Waals surface area contributed by atoms with Gasteiger partial charge in [-0.15, -0.1) is 11.3 Å². The predicted octanol–water partition coefficient (Wildman–Crippen LogP) is 0.965. The number of hydrogen-bond acceptors (Lipinski definition) is 5. The lowest BCUT2D eigenvalue weighted by molar-refractivity contribution is 0.399. The maximum absolute atomic E-state index is 5.54. The second-order valence-electron chi connectivity index (χ2n) is 4.13. The van der Waals surface area contributed by atoms with Gasteiger partial charge in [0.05, 0.1) is 0 Å². The van der Waals surface area contributed by atoms with E-state index in [0.717, 1.165) is 22.5 Å². The third-order valence-corrected chi connectivity index (χ3v) is 3.76. The lowest BCUT2D eigenvalue weighted by Crippen LogP contribution is -2.18. The zero-order chi connectivity index (χ0) is 10.7. The van der Waals surface area contributed by atoms with Crippen LogP contribution < -0.4 is 11.1 Å². The molecule has 1 aromatic rings. The largest absolute Gasteiger partial charge is 0.361 e. The summed E-state index contributed by atoms with van der Waals surface area (Å²) in [4.78, 5) is 7.80. The molecule has 2 heterocycles. The van der Waals surface area contributed by atoms with Gasteiger partial charge in [-0.1, -0.05) is 0 Å². The van der Waals surface area contributed by atoms with Crippen molar-refractivity contribution >= 4 is 16.5 Å².